The number of nitrogens with one attached hydrogen (secondary N) is 2. The van der Waals surface area contributed by atoms with Gasteiger partial charge < -0.3 is 9.47 Å². The first kappa shape index (κ1) is 29.5. The van der Waals surface area contributed by atoms with Crippen LogP contribution in [-0.4, -0.2) is 37.5 Å². The molecular formula is C26H32Br2N4O4. The Balaban J connectivity index is 1.61. The number of unbranched alkanes of at least 4 members (excludes halogenated alkanes) is 3. The summed E-state index contributed by atoms with van der Waals surface area (Å²) in [5.74, 6) is 1.11. The molecule has 0 spiro atoms. The summed E-state index contributed by atoms with van der Waals surface area (Å²) in [6, 6.07) is 11.2. The molecule has 0 aliphatic heterocycles. The van der Waals surface area contributed by atoms with Crippen molar-refractivity contribution in [2.45, 2.75) is 52.4 Å². The molecule has 0 fully saturated rings. The Hall–Kier alpha value is -2.72. The molecule has 8 nitrogen and oxygen atoms in total. The van der Waals surface area contributed by atoms with Crippen LogP contribution in [0.5, 0.6) is 11.5 Å². The van der Waals surface area contributed by atoms with Crippen LogP contribution in [0.1, 0.15) is 63.5 Å². The van der Waals surface area contributed by atoms with E-state index in [1.54, 1.807) is 12.4 Å². The van der Waals surface area contributed by atoms with Gasteiger partial charge >= 0.3 is 0 Å². The van der Waals surface area contributed by atoms with E-state index >= 15 is 0 Å². The molecule has 2 aromatic rings. The average molecular weight is 624 g/mol. The Morgan fingerprint density at radius 1 is 0.750 bits per heavy atom. The number of benzene rings is 2. The average Bonchev–Trinajstić information content (AvgIpc) is 2.84. The van der Waals surface area contributed by atoms with Crippen LogP contribution in [0.2, 0.25) is 0 Å². The minimum Gasteiger partial charge on any atom is -0.493 e. The van der Waals surface area contributed by atoms with Crippen molar-refractivity contribution in [1.82, 2.24) is 10.9 Å². The molecule has 0 aliphatic carbocycles. The molecule has 36 heavy (non-hydrogen) atoms. The van der Waals surface area contributed by atoms with Gasteiger partial charge in [-0.15, -0.1) is 0 Å². The molecule has 2 amide bonds. The highest BCUT2D eigenvalue weighted by atomic mass is 79.9. The molecule has 0 saturated carbocycles. The fraction of sp³-hybridized carbons (Fsp3) is 0.385. The lowest BCUT2D eigenvalue weighted by molar-refractivity contribution is -0.122. The Morgan fingerprint density at radius 2 is 1.17 bits per heavy atom. The van der Waals surface area contributed by atoms with Crippen LogP contribution < -0.4 is 20.3 Å². The van der Waals surface area contributed by atoms with Crippen molar-refractivity contribution in [2.24, 2.45) is 10.2 Å². The standard InChI is InChI=1S/C26H32Br2N4O4/c1-3-35-23-13-11-21(27)15-19(23)17-29-31-25(33)9-7-5-6-8-10-26(34)32-30-18-20-16-22(28)12-14-24(20)36-4-2/h11-18H,3-10H2,1-2H3,(H,31,33)(H,32,34)/b29-17+,30-18+. The number of hydrazone groups is 2. The molecule has 0 unspecified atom stereocenters. The molecule has 0 aromatic heterocycles. The maximum Gasteiger partial charge on any atom is 0.240 e. The van der Waals surface area contributed by atoms with E-state index in [0.29, 0.717) is 37.6 Å². The number of carbonyl (C=O) groups excluding carboxylic acids is 2. The second-order valence-electron chi connectivity index (χ2n) is 7.73. The number of rotatable bonds is 15. The van der Waals surface area contributed by atoms with E-state index in [4.69, 9.17) is 9.47 Å². The van der Waals surface area contributed by atoms with E-state index in [-0.39, 0.29) is 11.8 Å². The zero-order chi connectivity index (χ0) is 26.2. The quantitative estimate of drug-likeness (QED) is 0.145. The van der Waals surface area contributed by atoms with Gasteiger partial charge in [-0.25, -0.2) is 10.9 Å². The number of carbonyl (C=O) groups is 2. The van der Waals surface area contributed by atoms with Gasteiger partial charge in [0.05, 0.1) is 25.6 Å². The van der Waals surface area contributed by atoms with Crippen LogP contribution in [0.3, 0.4) is 0 Å². The lowest BCUT2D eigenvalue weighted by Gasteiger charge is -2.07. The Labute approximate surface area is 229 Å². The van der Waals surface area contributed by atoms with Crippen molar-refractivity contribution < 1.29 is 19.1 Å². The number of nitrogens with zero attached hydrogens (tertiary/aromatic N) is 2. The normalized spacial score (nSPS) is 11.1. The summed E-state index contributed by atoms with van der Waals surface area (Å²) in [5.41, 5.74) is 6.65. The van der Waals surface area contributed by atoms with E-state index < -0.39 is 0 Å². The predicted molar refractivity (Wildman–Crippen MR) is 150 cm³/mol. The monoisotopic (exact) mass is 622 g/mol. The molecule has 0 heterocycles. The van der Waals surface area contributed by atoms with Gasteiger partial charge in [0.25, 0.3) is 0 Å². The SMILES string of the molecule is CCOc1ccc(Br)cc1/C=N/NC(=O)CCCCCCC(=O)N/N=C/c1cc(Br)ccc1OCC. The van der Waals surface area contributed by atoms with Gasteiger partial charge in [-0.1, -0.05) is 44.7 Å². The number of halogens is 2. The fourth-order valence-corrected chi connectivity index (χ4v) is 3.96. The third-order valence-corrected chi connectivity index (χ3v) is 5.87. The molecule has 0 bridgehead atoms. The van der Waals surface area contributed by atoms with Gasteiger partial charge in [0, 0.05) is 32.9 Å². The van der Waals surface area contributed by atoms with Crippen LogP contribution in [0.15, 0.2) is 55.5 Å². The molecule has 0 radical (unpaired) electrons. The third kappa shape index (κ3) is 11.3. The van der Waals surface area contributed by atoms with Crippen LogP contribution in [0, 0.1) is 0 Å². The van der Waals surface area contributed by atoms with Gasteiger partial charge in [0.15, 0.2) is 0 Å². The summed E-state index contributed by atoms with van der Waals surface area (Å²) in [5, 5.41) is 8.07. The summed E-state index contributed by atoms with van der Waals surface area (Å²) in [4.78, 5) is 24.0. The Kier molecular flexibility index (Phi) is 13.8. The Morgan fingerprint density at radius 3 is 1.56 bits per heavy atom. The predicted octanol–water partition coefficient (Wildman–Crippen LogP) is 5.95. The van der Waals surface area contributed by atoms with Crippen molar-refractivity contribution >= 4 is 56.1 Å². The second-order valence-corrected chi connectivity index (χ2v) is 9.56. The van der Waals surface area contributed by atoms with E-state index in [1.807, 2.05) is 50.2 Å². The number of hydrogen-bond acceptors (Lipinski definition) is 6. The van der Waals surface area contributed by atoms with E-state index in [0.717, 1.165) is 45.8 Å². The lowest BCUT2D eigenvalue weighted by Crippen LogP contribution is -2.17. The minimum atomic E-state index is -0.148. The molecule has 2 N–H and O–H groups in total. The number of amides is 2. The molecule has 2 aromatic carbocycles. The number of hydrogen-bond donors (Lipinski definition) is 2. The zero-order valence-corrected chi connectivity index (χ0v) is 23.7. The maximum atomic E-state index is 12.0. The third-order valence-electron chi connectivity index (χ3n) is 4.89. The van der Waals surface area contributed by atoms with Gasteiger partial charge in [0.1, 0.15) is 11.5 Å². The van der Waals surface area contributed by atoms with E-state index in [1.165, 1.54) is 0 Å². The topological polar surface area (TPSA) is 101 Å². The minimum absolute atomic E-state index is 0.148. The van der Waals surface area contributed by atoms with Crippen LogP contribution in [0.25, 0.3) is 0 Å². The molecule has 0 aliphatic rings. The zero-order valence-electron chi connectivity index (χ0n) is 20.6. The van der Waals surface area contributed by atoms with Crippen LogP contribution in [0.4, 0.5) is 0 Å². The second kappa shape index (κ2) is 16.9. The first-order valence-corrected chi connectivity index (χ1v) is 13.5. The molecule has 2 rings (SSSR count). The summed E-state index contributed by atoms with van der Waals surface area (Å²) >= 11 is 6.84. The summed E-state index contributed by atoms with van der Waals surface area (Å²) in [6.45, 7) is 4.92. The highest BCUT2D eigenvalue weighted by Crippen LogP contribution is 2.22. The van der Waals surface area contributed by atoms with Crippen molar-refractivity contribution in [1.29, 1.82) is 0 Å². The Bertz CT molecular complexity index is 977. The first-order chi connectivity index (χ1) is 17.4. The number of ether oxygens (including phenoxy) is 2. The largest absolute Gasteiger partial charge is 0.493 e. The van der Waals surface area contributed by atoms with Gasteiger partial charge in [-0.2, -0.15) is 10.2 Å². The maximum absolute atomic E-state index is 12.0. The van der Waals surface area contributed by atoms with Crippen molar-refractivity contribution in [2.75, 3.05) is 13.2 Å². The van der Waals surface area contributed by atoms with E-state index in [9.17, 15) is 9.59 Å². The van der Waals surface area contributed by atoms with Gasteiger partial charge in [0.2, 0.25) is 11.8 Å². The lowest BCUT2D eigenvalue weighted by atomic mass is 10.1. The van der Waals surface area contributed by atoms with Crippen molar-refractivity contribution in [3.63, 3.8) is 0 Å². The smallest absolute Gasteiger partial charge is 0.240 e. The van der Waals surface area contributed by atoms with Crippen molar-refractivity contribution in [3.8, 4) is 11.5 Å². The molecule has 0 atom stereocenters. The fourth-order valence-electron chi connectivity index (χ4n) is 3.20. The molecule has 194 valence electrons. The highest BCUT2D eigenvalue weighted by Gasteiger charge is 2.05. The summed E-state index contributed by atoms with van der Waals surface area (Å²) < 4.78 is 12.9. The van der Waals surface area contributed by atoms with Crippen molar-refractivity contribution in [3.05, 3.63) is 56.5 Å². The highest BCUT2D eigenvalue weighted by molar-refractivity contribution is 9.10. The molecule has 0 saturated heterocycles. The van der Waals surface area contributed by atoms with E-state index in [2.05, 4.69) is 52.9 Å². The van der Waals surface area contributed by atoms with Gasteiger partial charge in [-0.3, -0.25) is 9.59 Å². The van der Waals surface area contributed by atoms with Crippen LogP contribution >= 0.6 is 31.9 Å². The molecular weight excluding hydrogens is 592 g/mol. The first-order valence-electron chi connectivity index (χ1n) is 11.9. The summed E-state index contributed by atoms with van der Waals surface area (Å²) in [7, 11) is 0. The van der Waals surface area contributed by atoms with Crippen LogP contribution in [-0.2, 0) is 9.59 Å². The van der Waals surface area contributed by atoms with Gasteiger partial charge in [-0.05, 0) is 63.1 Å². The molecule has 10 heteroatoms. The summed E-state index contributed by atoms with van der Waals surface area (Å²) in [6.07, 6.45) is 7.05.